The molecule has 3 aromatic carbocycles. The SMILES string of the molecule is COc1ccc2[nH]cc(/C=C(\NC(=O)c3ccccc3)C(=O)NCCc3ccc(OC)c(OC)c3)c2c1. The maximum absolute atomic E-state index is 13.2. The molecule has 37 heavy (non-hydrogen) atoms. The fraction of sp³-hybridized carbons (Fsp3) is 0.172. The van der Waals surface area contributed by atoms with Crippen molar-refractivity contribution in [3.05, 3.63) is 95.3 Å². The van der Waals surface area contributed by atoms with Crippen molar-refractivity contribution < 1.29 is 23.8 Å². The van der Waals surface area contributed by atoms with Crippen molar-refractivity contribution in [2.24, 2.45) is 0 Å². The summed E-state index contributed by atoms with van der Waals surface area (Å²) in [5, 5.41) is 6.55. The molecule has 8 nitrogen and oxygen atoms in total. The normalized spacial score (nSPS) is 11.2. The highest BCUT2D eigenvalue weighted by atomic mass is 16.5. The highest BCUT2D eigenvalue weighted by molar-refractivity contribution is 6.06. The number of rotatable bonds is 10. The zero-order valence-corrected chi connectivity index (χ0v) is 21.0. The van der Waals surface area contributed by atoms with Crippen LogP contribution in [0.4, 0.5) is 0 Å². The molecule has 2 amide bonds. The van der Waals surface area contributed by atoms with Gasteiger partial charge in [-0.1, -0.05) is 24.3 Å². The predicted molar refractivity (Wildman–Crippen MR) is 143 cm³/mol. The van der Waals surface area contributed by atoms with Crippen LogP contribution in [-0.2, 0) is 11.2 Å². The topological polar surface area (TPSA) is 102 Å². The van der Waals surface area contributed by atoms with Crippen LogP contribution in [0.5, 0.6) is 17.2 Å². The van der Waals surface area contributed by atoms with E-state index in [2.05, 4.69) is 15.6 Å². The lowest BCUT2D eigenvalue weighted by Gasteiger charge is -2.12. The molecular formula is C29H29N3O5. The molecule has 8 heteroatoms. The Kier molecular flexibility index (Phi) is 8.10. The van der Waals surface area contributed by atoms with Crippen molar-refractivity contribution in [3.63, 3.8) is 0 Å². The Morgan fingerprint density at radius 1 is 0.892 bits per heavy atom. The number of carbonyl (C=O) groups is 2. The molecule has 0 saturated heterocycles. The van der Waals surface area contributed by atoms with E-state index in [0.29, 0.717) is 35.8 Å². The maximum atomic E-state index is 13.2. The number of fused-ring (bicyclic) bond motifs is 1. The average Bonchev–Trinajstić information content (AvgIpc) is 3.34. The molecule has 0 radical (unpaired) electrons. The number of hydrogen-bond acceptors (Lipinski definition) is 5. The van der Waals surface area contributed by atoms with E-state index in [-0.39, 0.29) is 11.6 Å². The van der Waals surface area contributed by atoms with E-state index in [4.69, 9.17) is 14.2 Å². The molecule has 0 spiro atoms. The molecule has 0 bridgehead atoms. The van der Waals surface area contributed by atoms with Crippen LogP contribution in [0.15, 0.2) is 78.6 Å². The second-order valence-corrected chi connectivity index (χ2v) is 8.23. The van der Waals surface area contributed by atoms with Gasteiger partial charge in [0.2, 0.25) is 0 Å². The van der Waals surface area contributed by atoms with Crippen molar-refractivity contribution >= 4 is 28.8 Å². The van der Waals surface area contributed by atoms with Crippen LogP contribution < -0.4 is 24.8 Å². The Morgan fingerprint density at radius 2 is 1.68 bits per heavy atom. The van der Waals surface area contributed by atoms with E-state index in [1.54, 1.807) is 57.9 Å². The molecule has 1 aromatic heterocycles. The van der Waals surface area contributed by atoms with E-state index < -0.39 is 5.91 Å². The number of ether oxygens (including phenoxy) is 3. The zero-order valence-electron chi connectivity index (χ0n) is 21.0. The van der Waals surface area contributed by atoms with Gasteiger partial charge in [0.1, 0.15) is 11.4 Å². The molecule has 0 unspecified atom stereocenters. The molecule has 0 fully saturated rings. The average molecular weight is 500 g/mol. The van der Waals surface area contributed by atoms with Crippen LogP contribution >= 0.6 is 0 Å². The molecule has 0 atom stereocenters. The van der Waals surface area contributed by atoms with Gasteiger partial charge >= 0.3 is 0 Å². The van der Waals surface area contributed by atoms with Gasteiger partial charge in [0.25, 0.3) is 11.8 Å². The van der Waals surface area contributed by atoms with E-state index in [1.807, 2.05) is 42.5 Å². The van der Waals surface area contributed by atoms with Gasteiger partial charge in [-0.15, -0.1) is 0 Å². The Bertz CT molecular complexity index is 1430. The summed E-state index contributed by atoms with van der Waals surface area (Å²) in [5.74, 6) is 1.17. The molecule has 4 rings (SSSR count). The van der Waals surface area contributed by atoms with Crippen molar-refractivity contribution in [2.45, 2.75) is 6.42 Å². The van der Waals surface area contributed by atoms with E-state index in [9.17, 15) is 9.59 Å². The standard InChI is InChI=1S/C29H29N3O5/c1-35-22-10-11-24-23(17-22)21(18-31-24)16-25(32-28(33)20-7-5-4-6-8-20)29(34)30-14-13-19-9-12-26(36-2)27(15-19)37-3/h4-12,15-18,31H,13-14H2,1-3H3,(H,30,34)(H,32,33)/b25-16-. The molecular weight excluding hydrogens is 470 g/mol. The lowest BCUT2D eigenvalue weighted by Crippen LogP contribution is -2.35. The molecule has 3 N–H and O–H groups in total. The van der Waals surface area contributed by atoms with Gasteiger partial charge in [-0.25, -0.2) is 0 Å². The largest absolute Gasteiger partial charge is 0.497 e. The van der Waals surface area contributed by atoms with Crippen LogP contribution in [0.3, 0.4) is 0 Å². The third-order valence-electron chi connectivity index (χ3n) is 5.90. The second-order valence-electron chi connectivity index (χ2n) is 8.23. The van der Waals surface area contributed by atoms with Gasteiger partial charge in [0.15, 0.2) is 11.5 Å². The fourth-order valence-corrected chi connectivity index (χ4v) is 3.92. The summed E-state index contributed by atoms with van der Waals surface area (Å²) >= 11 is 0. The second kappa shape index (κ2) is 11.8. The van der Waals surface area contributed by atoms with E-state index >= 15 is 0 Å². The summed E-state index contributed by atoms with van der Waals surface area (Å²) in [6, 6.07) is 20.0. The molecule has 0 aliphatic rings. The highest BCUT2D eigenvalue weighted by Gasteiger charge is 2.16. The Hall–Kier alpha value is -4.72. The Morgan fingerprint density at radius 3 is 2.41 bits per heavy atom. The molecule has 0 aliphatic heterocycles. The number of hydrogen-bond donors (Lipinski definition) is 3. The summed E-state index contributed by atoms with van der Waals surface area (Å²) in [6.45, 7) is 0.356. The minimum atomic E-state index is -0.401. The van der Waals surface area contributed by atoms with Gasteiger partial charge in [-0.3, -0.25) is 9.59 Å². The van der Waals surface area contributed by atoms with Crippen molar-refractivity contribution in [3.8, 4) is 17.2 Å². The first-order chi connectivity index (χ1) is 18.0. The highest BCUT2D eigenvalue weighted by Crippen LogP contribution is 2.28. The number of methoxy groups -OCH3 is 3. The van der Waals surface area contributed by atoms with Gasteiger partial charge in [0, 0.05) is 34.8 Å². The summed E-state index contributed by atoms with van der Waals surface area (Å²) < 4.78 is 16.0. The summed E-state index contributed by atoms with van der Waals surface area (Å²) in [6.07, 6.45) is 4.01. The lowest BCUT2D eigenvalue weighted by molar-refractivity contribution is -0.117. The lowest BCUT2D eigenvalue weighted by atomic mass is 10.1. The van der Waals surface area contributed by atoms with E-state index in [1.165, 1.54) is 0 Å². The predicted octanol–water partition coefficient (Wildman–Crippen LogP) is 4.32. The number of amides is 2. The molecule has 1 heterocycles. The summed E-state index contributed by atoms with van der Waals surface area (Å²) in [4.78, 5) is 29.3. The number of benzene rings is 3. The fourth-order valence-electron chi connectivity index (χ4n) is 3.92. The quantitative estimate of drug-likeness (QED) is 0.282. The Balaban J connectivity index is 1.56. The van der Waals surface area contributed by atoms with Gasteiger partial charge in [-0.05, 0) is 60.5 Å². The number of aromatic nitrogens is 1. The van der Waals surface area contributed by atoms with Crippen molar-refractivity contribution in [2.75, 3.05) is 27.9 Å². The van der Waals surface area contributed by atoms with Gasteiger partial charge in [0.05, 0.1) is 21.3 Å². The first-order valence-corrected chi connectivity index (χ1v) is 11.7. The first kappa shape index (κ1) is 25.4. The summed E-state index contributed by atoms with van der Waals surface area (Å²) in [7, 11) is 4.76. The molecule has 190 valence electrons. The minimum Gasteiger partial charge on any atom is -0.497 e. The third-order valence-corrected chi connectivity index (χ3v) is 5.90. The number of H-pyrrole nitrogens is 1. The van der Waals surface area contributed by atoms with Gasteiger partial charge < -0.3 is 29.8 Å². The number of carbonyl (C=O) groups excluding carboxylic acids is 2. The molecule has 4 aromatic rings. The number of nitrogens with one attached hydrogen (secondary N) is 3. The summed E-state index contributed by atoms with van der Waals surface area (Å²) in [5.41, 5.74) is 3.18. The monoisotopic (exact) mass is 499 g/mol. The van der Waals surface area contributed by atoms with Crippen molar-refractivity contribution in [1.29, 1.82) is 0 Å². The van der Waals surface area contributed by atoms with Gasteiger partial charge in [-0.2, -0.15) is 0 Å². The third kappa shape index (κ3) is 6.10. The van der Waals surface area contributed by atoms with Crippen LogP contribution in [0.25, 0.3) is 17.0 Å². The van der Waals surface area contributed by atoms with Crippen LogP contribution in [0.2, 0.25) is 0 Å². The van der Waals surface area contributed by atoms with E-state index in [0.717, 1.165) is 22.0 Å². The van der Waals surface area contributed by atoms with Crippen LogP contribution in [0.1, 0.15) is 21.5 Å². The number of aromatic amines is 1. The van der Waals surface area contributed by atoms with Crippen molar-refractivity contribution in [1.82, 2.24) is 15.6 Å². The zero-order chi connectivity index (χ0) is 26.2. The Labute approximate surface area is 215 Å². The first-order valence-electron chi connectivity index (χ1n) is 11.7. The minimum absolute atomic E-state index is 0.130. The van der Waals surface area contributed by atoms with Crippen LogP contribution in [0, 0.1) is 0 Å². The van der Waals surface area contributed by atoms with Crippen LogP contribution in [-0.4, -0.2) is 44.7 Å². The molecule has 0 aliphatic carbocycles. The molecule has 0 saturated carbocycles. The smallest absolute Gasteiger partial charge is 0.267 e. The maximum Gasteiger partial charge on any atom is 0.267 e.